The number of rotatable bonds is 7. The molecule has 118 valence electrons. The van der Waals surface area contributed by atoms with E-state index in [1.54, 1.807) is 30.1 Å². The third kappa shape index (κ3) is 4.71. The number of ether oxygens (including phenoxy) is 1. The highest BCUT2D eigenvalue weighted by Crippen LogP contribution is 2.20. The van der Waals surface area contributed by atoms with Gasteiger partial charge in [-0.3, -0.25) is 0 Å². The molecular formula is C16H14ClN3O2S. The van der Waals surface area contributed by atoms with Gasteiger partial charge in [-0.25, -0.2) is 4.98 Å². The van der Waals surface area contributed by atoms with Crippen LogP contribution in [0.15, 0.2) is 53.1 Å². The van der Waals surface area contributed by atoms with Gasteiger partial charge in [-0.2, -0.15) is 0 Å². The first-order valence-corrected chi connectivity index (χ1v) is 8.54. The standard InChI is InChI=1S/C16H14ClN3O2S/c17-14-7-6-12(10-18-14)16-20-19-15(22-16)11-23-9-8-21-13-4-2-1-3-5-13/h1-7,10H,8-9,11H2. The van der Waals surface area contributed by atoms with Crippen LogP contribution in [0.4, 0.5) is 0 Å². The minimum absolute atomic E-state index is 0.433. The van der Waals surface area contributed by atoms with Gasteiger partial charge in [0.05, 0.1) is 17.9 Å². The van der Waals surface area contributed by atoms with Gasteiger partial charge < -0.3 is 9.15 Å². The smallest absolute Gasteiger partial charge is 0.249 e. The molecule has 3 rings (SSSR count). The number of hydrogen-bond donors (Lipinski definition) is 0. The normalized spacial score (nSPS) is 10.7. The number of pyridine rings is 1. The Labute approximate surface area is 143 Å². The molecule has 0 fully saturated rings. The average Bonchev–Trinajstić information content (AvgIpc) is 3.05. The molecule has 0 bridgehead atoms. The quantitative estimate of drug-likeness (QED) is 0.473. The van der Waals surface area contributed by atoms with Crippen molar-refractivity contribution in [1.29, 1.82) is 0 Å². The van der Waals surface area contributed by atoms with Crippen LogP contribution < -0.4 is 4.74 Å². The van der Waals surface area contributed by atoms with Crippen LogP contribution in [0.2, 0.25) is 5.15 Å². The Morgan fingerprint density at radius 2 is 1.96 bits per heavy atom. The number of halogens is 1. The molecule has 0 aliphatic heterocycles. The highest BCUT2D eigenvalue weighted by Gasteiger charge is 2.09. The van der Waals surface area contributed by atoms with Crippen molar-refractivity contribution >= 4 is 23.4 Å². The molecule has 5 nitrogen and oxygen atoms in total. The Morgan fingerprint density at radius 1 is 1.09 bits per heavy atom. The Balaban J connectivity index is 1.43. The van der Waals surface area contributed by atoms with Gasteiger partial charge >= 0.3 is 0 Å². The van der Waals surface area contributed by atoms with Crippen molar-refractivity contribution in [3.63, 3.8) is 0 Å². The number of hydrogen-bond acceptors (Lipinski definition) is 6. The first-order valence-electron chi connectivity index (χ1n) is 7.01. The van der Waals surface area contributed by atoms with Crippen LogP contribution in [0, 0.1) is 0 Å². The molecule has 0 atom stereocenters. The number of nitrogens with zero attached hydrogens (tertiary/aromatic N) is 3. The van der Waals surface area contributed by atoms with E-state index in [2.05, 4.69) is 15.2 Å². The van der Waals surface area contributed by atoms with Crippen LogP contribution in [-0.2, 0) is 5.75 Å². The lowest BCUT2D eigenvalue weighted by Crippen LogP contribution is -2.00. The molecule has 0 amide bonds. The molecule has 2 aromatic heterocycles. The van der Waals surface area contributed by atoms with E-state index >= 15 is 0 Å². The topological polar surface area (TPSA) is 61.0 Å². The fraction of sp³-hybridized carbons (Fsp3) is 0.188. The second-order valence-electron chi connectivity index (χ2n) is 4.58. The summed E-state index contributed by atoms with van der Waals surface area (Å²) in [7, 11) is 0. The van der Waals surface area contributed by atoms with Crippen molar-refractivity contribution < 1.29 is 9.15 Å². The Kier molecular flexibility index (Phi) is 5.50. The minimum atomic E-state index is 0.433. The third-order valence-electron chi connectivity index (χ3n) is 2.91. The maximum Gasteiger partial charge on any atom is 0.249 e. The minimum Gasteiger partial charge on any atom is -0.493 e. The first-order chi connectivity index (χ1) is 11.3. The zero-order valence-corrected chi connectivity index (χ0v) is 13.8. The summed E-state index contributed by atoms with van der Waals surface area (Å²) in [5.74, 6) is 3.40. The number of aromatic nitrogens is 3. The summed E-state index contributed by atoms with van der Waals surface area (Å²) in [6.07, 6.45) is 1.61. The Hall–Kier alpha value is -2.05. The van der Waals surface area contributed by atoms with Crippen molar-refractivity contribution in [1.82, 2.24) is 15.2 Å². The van der Waals surface area contributed by atoms with E-state index in [0.29, 0.717) is 29.3 Å². The van der Waals surface area contributed by atoms with Crippen LogP contribution in [0.3, 0.4) is 0 Å². The number of thioether (sulfide) groups is 1. The largest absolute Gasteiger partial charge is 0.493 e. The van der Waals surface area contributed by atoms with E-state index in [-0.39, 0.29) is 0 Å². The predicted octanol–water partition coefficient (Wildman–Crippen LogP) is 4.10. The average molecular weight is 348 g/mol. The van der Waals surface area contributed by atoms with Gasteiger partial charge in [0.25, 0.3) is 0 Å². The maximum atomic E-state index is 5.75. The molecule has 7 heteroatoms. The van der Waals surface area contributed by atoms with Crippen LogP contribution in [0.1, 0.15) is 5.89 Å². The summed E-state index contributed by atoms with van der Waals surface area (Å²) >= 11 is 7.43. The van der Waals surface area contributed by atoms with Gasteiger partial charge in [-0.15, -0.1) is 22.0 Å². The molecule has 0 spiro atoms. The SMILES string of the molecule is Clc1ccc(-c2nnc(CSCCOc3ccccc3)o2)cn1. The predicted molar refractivity (Wildman–Crippen MR) is 90.6 cm³/mol. The van der Waals surface area contributed by atoms with Gasteiger partial charge in [0.1, 0.15) is 10.9 Å². The van der Waals surface area contributed by atoms with Gasteiger partial charge in [0.15, 0.2) is 0 Å². The van der Waals surface area contributed by atoms with Crippen LogP contribution in [0.5, 0.6) is 5.75 Å². The molecule has 0 aliphatic carbocycles. The summed E-state index contributed by atoms with van der Waals surface area (Å²) in [5, 5.41) is 8.48. The second-order valence-corrected chi connectivity index (χ2v) is 6.08. The summed E-state index contributed by atoms with van der Waals surface area (Å²) in [6.45, 7) is 0.636. The summed E-state index contributed by atoms with van der Waals surface area (Å²) in [6, 6.07) is 13.2. The number of benzene rings is 1. The van der Waals surface area contributed by atoms with Gasteiger partial charge in [-0.05, 0) is 24.3 Å². The lowest BCUT2D eigenvalue weighted by Gasteiger charge is -2.04. The maximum absolute atomic E-state index is 5.75. The number of para-hydroxylation sites is 1. The lowest BCUT2D eigenvalue weighted by molar-refractivity contribution is 0.344. The fourth-order valence-electron chi connectivity index (χ4n) is 1.83. The summed E-state index contributed by atoms with van der Waals surface area (Å²) in [5.41, 5.74) is 0.755. The molecule has 3 aromatic rings. The van der Waals surface area contributed by atoms with Gasteiger partial charge in [-0.1, -0.05) is 29.8 Å². The summed E-state index contributed by atoms with van der Waals surface area (Å²) in [4.78, 5) is 4.00. The van der Waals surface area contributed by atoms with E-state index in [1.807, 2.05) is 30.3 Å². The van der Waals surface area contributed by atoms with E-state index < -0.39 is 0 Å². The van der Waals surface area contributed by atoms with Crippen molar-refractivity contribution in [2.45, 2.75) is 5.75 Å². The van der Waals surface area contributed by atoms with Crippen LogP contribution in [-0.4, -0.2) is 27.5 Å². The zero-order chi connectivity index (χ0) is 15.9. The van der Waals surface area contributed by atoms with Crippen molar-refractivity contribution in [2.75, 3.05) is 12.4 Å². The third-order valence-corrected chi connectivity index (χ3v) is 4.04. The molecule has 0 aliphatic rings. The van der Waals surface area contributed by atoms with Crippen LogP contribution >= 0.6 is 23.4 Å². The second kappa shape index (κ2) is 7.99. The molecular weight excluding hydrogens is 334 g/mol. The highest BCUT2D eigenvalue weighted by atomic mass is 35.5. The molecule has 0 saturated carbocycles. The first kappa shape index (κ1) is 15.8. The Bertz CT molecular complexity index is 735. The zero-order valence-electron chi connectivity index (χ0n) is 12.2. The molecule has 0 radical (unpaired) electrons. The molecule has 0 saturated heterocycles. The van der Waals surface area contributed by atoms with Crippen molar-refractivity contribution in [3.05, 3.63) is 59.7 Å². The molecule has 2 heterocycles. The molecule has 0 unspecified atom stereocenters. The van der Waals surface area contributed by atoms with Gasteiger partial charge in [0, 0.05) is 11.9 Å². The molecule has 23 heavy (non-hydrogen) atoms. The van der Waals surface area contributed by atoms with E-state index in [4.69, 9.17) is 20.8 Å². The van der Waals surface area contributed by atoms with E-state index in [0.717, 1.165) is 17.1 Å². The highest BCUT2D eigenvalue weighted by molar-refractivity contribution is 7.98. The lowest BCUT2D eigenvalue weighted by atomic mass is 10.3. The van der Waals surface area contributed by atoms with Gasteiger partial charge in [0.2, 0.25) is 11.8 Å². The van der Waals surface area contributed by atoms with Crippen molar-refractivity contribution in [2.24, 2.45) is 0 Å². The monoisotopic (exact) mass is 347 g/mol. The van der Waals surface area contributed by atoms with E-state index in [1.165, 1.54) is 0 Å². The summed E-state index contributed by atoms with van der Waals surface area (Å²) < 4.78 is 11.2. The fourth-order valence-corrected chi connectivity index (χ4v) is 2.57. The van der Waals surface area contributed by atoms with Crippen molar-refractivity contribution in [3.8, 4) is 17.2 Å². The van der Waals surface area contributed by atoms with Crippen LogP contribution in [0.25, 0.3) is 11.5 Å². The molecule has 1 aromatic carbocycles. The molecule has 0 N–H and O–H groups in total. The Morgan fingerprint density at radius 3 is 2.74 bits per heavy atom. The van der Waals surface area contributed by atoms with E-state index in [9.17, 15) is 0 Å².